The monoisotopic (exact) mass is 369 g/mol. The summed E-state index contributed by atoms with van der Waals surface area (Å²) in [6.07, 6.45) is 3.46. The summed E-state index contributed by atoms with van der Waals surface area (Å²) < 4.78 is 11.1. The van der Waals surface area contributed by atoms with Crippen molar-refractivity contribution in [1.29, 1.82) is 0 Å². The molecule has 1 unspecified atom stereocenters. The Bertz CT molecular complexity index is 484. The second-order valence-corrected chi connectivity index (χ2v) is 14.4. The lowest BCUT2D eigenvalue weighted by Gasteiger charge is -2.29. The van der Waals surface area contributed by atoms with E-state index in [1.54, 1.807) is 6.20 Å². The second-order valence-electron chi connectivity index (χ2n) is 8.73. The molecule has 25 heavy (non-hydrogen) atoms. The molecule has 0 fully saturated rings. The SMILES string of the molecule is CC(C)CC1(CC=O)NC=C([C@@H](C)COCOCC[Si](C)(C)C)C1=O. The van der Waals surface area contributed by atoms with Crippen LogP contribution in [-0.2, 0) is 19.1 Å². The smallest absolute Gasteiger partial charge is 0.186 e. The van der Waals surface area contributed by atoms with Crippen molar-refractivity contribution in [3.63, 3.8) is 0 Å². The molecule has 1 N–H and O–H groups in total. The van der Waals surface area contributed by atoms with Gasteiger partial charge in [0, 0.05) is 38.8 Å². The predicted molar refractivity (Wildman–Crippen MR) is 103 cm³/mol. The molecule has 0 bridgehead atoms. The van der Waals surface area contributed by atoms with Crippen LogP contribution in [-0.4, -0.2) is 45.7 Å². The number of hydrogen-bond acceptors (Lipinski definition) is 5. The molecule has 0 saturated carbocycles. The Kier molecular flexibility index (Phi) is 8.51. The average molecular weight is 370 g/mol. The van der Waals surface area contributed by atoms with Crippen LogP contribution in [0.25, 0.3) is 0 Å². The zero-order valence-corrected chi connectivity index (χ0v) is 17.7. The Labute approximate surface area is 153 Å². The number of carbonyl (C=O) groups is 2. The van der Waals surface area contributed by atoms with Crippen LogP contribution in [0.1, 0.15) is 33.6 Å². The van der Waals surface area contributed by atoms with Crippen molar-refractivity contribution in [3.05, 3.63) is 11.8 Å². The van der Waals surface area contributed by atoms with E-state index in [-0.39, 0.29) is 24.9 Å². The van der Waals surface area contributed by atoms with Gasteiger partial charge in [-0.15, -0.1) is 0 Å². The zero-order chi connectivity index (χ0) is 19.1. The highest BCUT2D eigenvalue weighted by molar-refractivity contribution is 6.76. The van der Waals surface area contributed by atoms with Gasteiger partial charge in [-0.05, 0) is 18.4 Å². The molecular weight excluding hydrogens is 334 g/mol. The van der Waals surface area contributed by atoms with E-state index in [2.05, 4.69) is 38.8 Å². The second kappa shape index (κ2) is 9.64. The van der Waals surface area contributed by atoms with E-state index >= 15 is 0 Å². The van der Waals surface area contributed by atoms with E-state index < -0.39 is 13.6 Å². The molecule has 1 aliphatic rings. The Balaban J connectivity index is 2.45. The van der Waals surface area contributed by atoms with Crippen molar-refractivity contribution in [2.75, 3.05) is 20.0 Å². The lowest BCUT2D eigenvalue weighted by Crippen LogP contribution is -2.47. The number of ether oxygens (including phenoxy) is 2. The third-order valence-electron chi connectivity index (χ3n) is 4.45. The molecule has 0 spiro atoms. The van der Waals surface area contributed by atoms with Gasteiger partial charge in [-0.1, -0.05) is 40.4 Å². The van der Waals surface area contributed by atoms with Crippen LogP contribution >= 0.6 is 0 Å². The number of ketones is 1. The third kappa shape index (κ3) is 7.03. The molecule has 0 aromatic carbocycles. The van der Waals surface area contributed by atoms with E-state index in [9.17, 15) is 9.59 Å². The molecule has 0 aliphatic carbocycles. The number of carbonyl (C=O) groups excluding carboxylic acids is 2. The lowest BCUT2D eigenvalue weighted by atomic mass is 9.80. The molecule has 144 valence electrons. The fourth-order valence-corrected chi connectivity index (χ4v) is 3.78. The molecule has 1 rings (SSSR count). The van der Waals surface area contributed by atoms with E-state index in [4.69, 9.17) is 9.47 Å². The van der Waals surface area contributed by atoms with Crippen LogP contribution in [0.15, 0.2) is 11.8 Å². The van der Waals surface area contributed by atoms with Crippen molar-refractivity contribution in [2.45, 2.75) is 64.8 Å². The summed E-state index contributed by atoms with van der Waals surface area (Å²) in [5.41, 5.74) is -0.0579. The fourth-order valence-electron chi connectivity index (χ4n) is 3.03. The molecule has 5 nitrogen and oxygen atoms in total. The standard InChI is InChI=1S/C19H35NO4Si/c1-15(2)11-19(7-8-21)18(22)17(12-20-19)16(3)13-24-14-23-9-10-25(4,5)6/h8,12,15-16,20H,7,9-11,13-14H2,1-6H3/t16-,19?/m0/s1. The molecule has 2 atom stereocenters. The maximum Gasteiger partial charge on any atom is 0.186 e. The number of hydrogen-bond donors (Lipinski definition) is 1. The normalized spacial score (nSPS) is 22.0. The van der Waals surface area contributed by atoms with Crippen LogP contribution < -0.4 is 5.32 Å². The number of aldehydes is 1. The van der Waals surface area contributed by atoms with E-state index in [1.807, 2.05) is 6.92 Å². The molecule has 0 saturated heterocycles. The minimum atomic E-state index is -1.08. The zero-order valence-electron chi connectivity index (χ0n) is 16.7. The maximum absolute atomic E-state index is 12.9. The van der Waals surface area contributed by atoms with Crippen LogP contribution in [0.5, 0.6) is 0 Å². The molecule has 0 aromatic heterocycles. The summed E-state index contributed by atoms with van der Waals surface area (Å²) in [6.45, 7) is 14.4. The average Bonchev–Trinajstić information content (AvgIpc) is 2.78. The topological polar surface area (TPSA) is 64.6 Å². The fraction of sp³-hybridized carbons (Fsp3) is 0.789. The summed E-state index contributed by atoms with van der Waals surface area (Å²) in [7, 11) is -1.08. The first-order valence-corrected chi connectivity index (χ1v) is 12.9. The number of Topliss-reactive ketones (excluding diaryl/α,β-unsaturated/α-hetero) is 1. The first-order valence-electron chi connectivity index (χ1n) is 9.23. The van der Waals surface area contributed by atoms with Gasteiger partial charge in [0.2, 0.25) is 0 Å². The Morgan fingerprint density at radius 3 is 2.48 bits per heavy atom. The van der Waals surface area contributed by atoms with Crippen molar-refractivity contribution >= 4 is 20.1 Å². The van der Waals surface area contributed by atoms with Gasteiger partial charge in [-0.2, -0.15) is 0 Å². The van der Waals surface area contributed by atoms with Gasteiger partial charge in [-0.25, -0.2) is 0 Å². The van der Waals surface area contributed by atoms with Crippen LogP contribution in [0.3, 0.4) is 0 Å². The molecule has 6 heteroatoms. The van der Waals surface area contributed by atoms with Crippen LogP contribution in [0, 0.1) is 11.8 Å². The Morgan fingerprint density at radius 1 is 1.24 bits per heavy atom. The Morgan fingerprint density at radius 2 is 1.92 bits per heavy atom. The highest BCUT2D eigenvalue weighted by Gasteiger charge is 2.44. The van der Waals surface area contributed by atoms with Gasteiger partial charge in [0.25, 0.3) is 0 Å². The van der Waals surface area contributed by atoms with Gasteiger partial charge in [-0.3, -0.25) is 4.79 Å². The van der Waals surface area contributed by atoms with Gasteiger partial charge in [0.15, 0.2) is 5.78 Å². The maximum atomic E-state index is 12.9. The first kappa shape index (κ1) is 22.1. The molecular formula is C19H35NO4Si. The summed E-state index contributed by atoms with van der Waals surface area (Å²) in [5.74, 6) is 0.334. The summed E-state index contributed by atoms with van der Waals surface area (Å²) in [4.78, 5) is 23.9. The predicted octanol–water partition coefficient (Wildman–Crippen LogP) is 3.38. The Hall–Kier alpha value is -0.983. The van der Waals surface area contributed by atoms with Gasteiger partial charge in [0.1, 0.15) is 18.6 Å². The lowest BCUT2D eigenvalue weighted by molar-refractivity contribution is -0.124. The van der Waals surface area contributed by atoms with Crippen LogP contribution in [0.2, 0.25) is 25.7 Å². The molecule has 1 heterocycles. The van der Waals surface area contributed by atoms with Crippen LogP contribution in [0.4, 0.5) is 0 Å². The minimum absolute atomic E-state index is 0.0266. The number of nitrogens with one attached hydrogen (secondary N) is 1. The van der Waals surface area contributed by atoms with Crippen molar-refractivity contribution in [2.24, 2.45) is 11.8 Å². The van der Waals surface area contributed by atoms with E-state index in [0.717, 1.165) is 18.9 Å². The summed E-state index contributed by atoms with van der Waals surface area (Å²) in [6, 6.07) is 1.11. The largest absolute Gasteiger partial charge is 0.378 e. The minimum Gasteiger partial charge on any atom is -0.378 e. The highest BCUT2D eigenvalue weighted by atomic mass is 28.3. The first-order chi connectivity index (χ1) is 11.6. The molecule has 0 aromatic rings. The summed E-state index contributed by atoms with van der Waals surface area (Å²) >= 11 is 0. The summed E-state index contributed by atoms with van der Waals surface area (Å²) in [5, 5.41) is 3.19. The number of rotatable bonds is 12. The van der Waals surface area contributed by atoms with Gasteiger partial charge >= 0.3 is 0 Å². The molecule has 1 aliphatic heterocycles. The molecule has 0 amide bonds. The van der Waals surface area contributed by atoms with Crippen molar-refractivity contribution < 1.29 is 19.1 Å². The highest BCUT2D eigenvalue weighted by Crippen LogP contribution is 2.32. The van der Waals surface area contributed by atoms with Crippen molar-refractivity contribution in [3.8, 4) is 0 Å². The molecule has 0 radical (unpaired) electrons. The van der Waals surface area contributed by atoms with E-state index in [0.29, 0.717) is 24.5 Å². The third-order valence-corrected chi connectivity index (χ3v) is 6.16. The van der Waals surface area contributed by atoms with Gasteiger partial charge in [0.05, 0.1) is 6.61 Å². The van der Waals surface area contributed by atoms with Crippen molar-refractivity contribution in [1.82, 2.24) is 5.32 Å². The van der Waals surface area contributed by atoms with Gasteiger partial charge < -0.3 is 19.6 Å². The quantitative estimate of drug-likeness (QED) is 0.247. The van der Waals surface area contributed by atoms with E-state index in [1.165, 1.54) is 0 Å².